The SMILES string of the molecule is Cc1nn(C)c(C)c1CC(=O)NCC#Cc1cccc(C(F)(F)F)c1. The number of hydrogen-bond donors (Lipinski definition) is 1. The highest BCUT2D eigenvalue weighted by atomic mass is 19.4. The van der Waals surface area contributed by atoms with Crippen LogP contribution in [0.25, 0.3) is 0 Å². The summed E-state index contributed by atoms with van der Waals surface area (Å²) in [7, 11) is 1.81. The highest BCUT2D eigenvalue weighted by Gasteiger charge is 2.30. The largest absolute Gasteiger partial charge is 0.416 e. The van der Waals surface area contributed by atoms with E-state index in [1.165, 1.54) is 12.1 Å². The van der Waals surface area contributed by atoms with Gasteiger partial charge in [0.2, 0.25) is 5.91 Å². The lowest BCUT2D eigenvalue weighted by Crippen LogP contribution is -2.25. The molecule has 1 aromatic heterocycles. The monoisotopic (exact) mass is 349 g/mol. The lowest BCUT2D eigenvalue weighted by atomic mass is 10.1. The Morgan fingerprint density at radius 3 is 2.64 bits per heavy atom. The van der Waals surface area contributed by atoms with Crippen LogP contribution in [0, 0.1) is 25.7 Å². The van der Waals surface area contributed by atoms with E-state index in [0.29, 0.717) is 0 Å². The van der Waals surface area contributed by atoms with Gasteiger partial charge in [-0.15, -0.1) is 0 Å². The van der Waals surface area contributed by atoms with Crippen molar-refractivity contribution in [2.75, 3.05) is 6.54 Å². The lowest BCUT2D eigenvalue weighted by molar-refractivity contribution is -0.137. The van der Waals surface area contributed by atoms with Crippen LogP contribution in [0.1, 0.15) is 28.1 Å². The van der Waals surface area contributed by atoms with Gasteiger partial charge in [-0.25, -0.2) is 0 Å². The van der Waals surface area contributed by atoms with E-state index < -0.39 is 11.7 Å². The minimum absolute atomic E-state index is 0.0629. The molecule has 0 radical (unpaired) electrons. The summed E-state index contributed by atoms with van der Waals surface area (Å²) in [6.45, 7) is 3.78. The molecule has 2 aromatic rings. The number of alkyl halides is 3. The number of nitrogens with zero attached hydrogens (tertiary/aromatic N) is 2. The summed E-state index contributed by atoms with van der Waals surface area (Å²) in [4.78, 5) is 12.0. The Morgan fingerprint density at radius 1 is 1.32 bits per heavy atom. The molecule has 0 aliphatic carbocycles. The van der Waals surface area contributed by atoms with Crippen molar-refractivity contribution in [1.29, 1.82) is 0 Å². The predicted octanol–water partition coefficient (Wildman–Crippen LogP) is 2.77. The molecule has 0 atom stereocenters. The molecule has 132 valence electrons. The van der Waals surface area contributed by atoms with Crippen LogP contribution in [0.2, 0.25) is 0 Å². The van der Waals surface area contributed by atoms with E-state index in [1.807, 2.05) is 20.9 Å². The fourth-order valence-electron chi connectivity index (χ4n) is 2.36. The summed E-state index contributed by atoms with van der Waals surface area (Å²) >= 11 is 0. The maximum Gasteiger partial charge on any atom is 0.416 e. The number of benzene rings is 1. The third kappa shape index (κ3) is 4.86. The number of hydrogen-bond acceptors (Lipinski definition) is 2. The molecule has 7 heteroatoms. The lowest BCUT2D eigenvalue weighted by Gasteiger charge is -2.05. The molecule has 0 saturated heterocycles. The number of carbonyl (C=O) groups excluding carboxylic acids is 1. The second-order valence-corrected chi connectivity index (χ2v) is 5.61. The molecule has 0 aliphatic heterocycles. The maximum absolute atomic E-state index is 12.6. The summed E-state index contributed by atoms with van der Waals surface area (Å²) in [6, 6.07) is 4.77. The van der Waals surface area contributed by atoms with Crippen LogP contribution in [0.3, 0.4) is 0 Å². The molecule has 1 amide bonds. The standard InChI is InChI=1S/C18H18F3N3O/c1-12-16(13(2)24(3)23-12)11-17(25)22-9-5-7-14-6-4-8-15(10-14)18(19,20)21/h4,6,8,10H,9,11H2,1-3H3,(H,22,25). The number of halogens is 3. The normalized spacial score (nSPS) is 11.0. The highest BCUT2D eigenvalue weighted by molar-refractivity contribution is 5.79. The zero-order valence-corrected chi connectivity index (χ0v) is 14.2. The summed E-state index contributed by atoms with van der Waals surface area (Å²) in [5, 5.41) is 6.88. The first-order valence-electron chi connectivity index (χ1n) is 7.60. The van der Waals surface area contributed by atoms with E-state index in [-0.39, 0.29) is 24.4 Å². The number of carbonyl (C=O) groups is 1. The highest BCUT2D eigenvalue weighted by Crippen LogP contribution is 2.29. The minimum Gasteiger partial charge on any atom is -0.345 e. The van der Waals surface area contributed by atoms with Crippen molar-refractivity contribution >= 4 is 5.91 Å². The van der Waals surface area contributed by atoms with Gasteiger partial charge in [0.15, 0.2) is 0 Å². The number of aryl methyl sites for hydroxylation is 2. The van der Waals surface area contributed by atoms with Gasteiger partial charge in [-0.3, -0.25) is 9.48 Å². The summed E-state index contributed by atoms with van der Waals surface area (Å²) in [5.74, 6) is 5.07. The Balaban J connectivity index is 1.93. The molecule has 1 heterocycles. The summed E-state index contributed by atoms with van der Waals surface area (Å²) < 4.78 is 39.6. The van der Waals surface area contributed by atoms with Crippen molar-refractivity contribution in [3.05, 3.63) is 52.3 Å². The van der Waals surface area contributed by atoms with Gasteiger partial charge in [0, 0.05) is 23.9 Å². The van der Waals surface area contributed by atoms with Gasteiger partial charge in [0.1, 0.15) is 0 Å². The fourth-order valence-corrected chi connectivity index (χ4v) is 2.36. The first kappa shape index (κ1) is 18.6. The van der Waals surface area contributed by atoms with Gasteiger partial charge in [0.25, 0.3) is 0 Å². The molecule has 4 nitrogen and oxygen atoms in total. The fraction of sp³-hybridized carbons (Fsp3) is 0.333. The van der Waals surface area contributed by atoms with Gasteiger partial charge in [0.05, 0.1) is 24.2 Å². The first-order chi connectivity index (χ1) is 11.7. The molecule has 2 rings (SSSR count). The molecule has 0 aliphatic rings. The Kier molecular flexibility index (Phi) is 5.52. The van der Waals surface area contributed by atoms with Crippen molar-refractivity contribution in [2.24, 2.45) is 7.05 Å². The quantitative estimate of drug-likeness (QED) is 0.866. The number of rotatable bonds is 3. The maximum atomic E-state index is 12.6. The van der Waals surface area contributed by atoms with Crippen molar-refractivity contribution in [3.8, 4) is 11.8 Å². The average molecular weight is 349 g/mol. The van der Waals surface area contributed by atoms with E-state index in [1.54, 1.807) is 4.68 Å². The van der Waals surface area contributed by atoms with Crippen LogP contribution in [0.5, 0.6) is 0 Å². The third-order valence-electron chi connectivity index (χ3n) is 3.79. The van der Waals surface area contributed by atoms with Crippen LogP contribution in [0.4, 0.5) is 13.2 Å². The van der Waals surface area contributed by atoms with E-state index in [4.69, 9.17) is 0 Å². The smallest absolute Gasteiger partial charge is 0.345 e. The van der Waals surface area contributed by atoms with Gasteiger partial charge in [-0.1, -0.05) is 17.9 Å². The van der Waals surface area contributed by atoms with Crippen LogP contribution in [0.15, 0.2) is 24.3 Å². The van der Waals surface area contributed by atoms with E-state index in [2.05, 4.69) is 22.3 Å². The van der Waals surface area contributed by atoms with Crippen LogP contribution in [-0.2, 0) is 24.4 Å². The van der Waals surface area contributed by atoms with Gasteiger partial charge in [-0.2, -0.15) is 18.3 Å². The molecular formula is C18H18F3N3O. The molecular weight excluding hydrogens is 331 g/mol. The third-order valence-corrected chi connectivity index (χ3v) is 3.79. The van der Waals surface area contributed by atoms with Crippen LogP contribution >= 0.6 is 0 Å². The molecule has 0 bridgehead atoms. The van der Waals surface area contributed by atoms with Gasteiger partial charge in [-0.05, 0) is 32.0 Å². The summed E-state index contributed by atoms with van der Waals surface area (Å²) in [5.41, 5.74) is 2.09. The topological polar surface area (TPSA) is 46.9 Å². The zero-order chi connectivity index (χ0) is 18.6. The molecule has 1 N–H and O–H groups in total. The molecule has 0 fully saturated rings. The van der Waals surface area contributed by atoms with Crippen LogP contribution < -0.4 is 5.32 Å². The minimum atomic E-state index is -4.40. The van der Waals surface area contributed by atoms with Crippen molar-refractivity contribution in [3.63, 3.8) is 0 Å². The van der Waals surface area contributed by atoms with Crippen molar-refractivity contribution < 1.29 is 18.0 Å². The Labute approximate surface area is 144 Å². The van der Waals surface area contributed by atoms with E-state index in [0.717, 1.165) is 29.1 Å². The molecule has 0 saturated carbocycles. The number of amides is 1. The van der Waals surface area contributed by atoms with Crippen LogP contribution in [-0.4, -0.2) is 22.2 Å². The summed E-state index contributed by atoms with van der Waals surface area (Å²) in [6.07, 6.45) is -4.21. The Hall–Kier alpha value is -2.75. The first-order valence-corrected chi connectivity index (χ1v) is 7.60. The Bertz CT molecular complexity index is 841. The second kappa shape index (κ2) is 7.43. The second-order valence-electron chi connectivity index (χ2n) is 5.61. The molecule has 0 spiro atoms. The van der Waals surface area contributed by atoms with Gasteiger partial charge < -0.3 is 5.32 Å². The predicted molar refractivity (Wildman–Crippen MR) is 87.7 cm³/mol. The van der Waals surface area contributed by atoms with Crippen molar-refractivity contribution in [1.82, 2.24) is 15.1 Å². The number of aromatic nitrogens is 2. The van der Waals surface area contributed by atoms with E-state index >= 15 is 0 Å². The number of nitrogens with one attached hydrogen (secondary N) is 1. The van der Waals surface area contributed by atoms with Crippen molar-refractivity contribution in [2.45, 2.75) is 26.4 Å². The van der Waals surface area contributed by atoms with Gasteiger partial charge >= 0.3 is 6.18 Å². The Morgan fingerprint density at radius 2 is 2.04 bits per heavy atom. The average Bonchev–Trinajstić information content (AvgIpc) is 2.77. The molecule has 1 aromatic carbocycles. The van der Waals surface area contributed by atoms with E-state index in [9.17, 15) is 18.0 Å². The zero-order valence-electron chi connectivity index (χ0n) is 14.2. The molecule has 25 heavy (non-hydrogen) atoms. The molecule has 0 unspecified atom stereocenters.